The summed E-state index contributed by atoms with van der Waals surface area (Å²) < 4.78 is 0. The van der Waals surface area contributed by atoms with Gasteiger partial charge >= 0.3 is 5.69 Å². The van der Waals surface area contributed by atoms with Crippen LogP contribution in [0.25, 0.3) is 11.3 Å². The lowest BCUT2D eigenvalue weighted by molar-refractivity contribution is -0.254. The molecule has 0 saturated carbocycles. The van der Waals surface area contributed by atoms with Crippen LogP contribution in [0.2, 0.25) is 0 Å². The third-order valence-corrected chi connectivity index (χ3v) is 2.11. The molecule has 0 spiro atoms. The highest BCUT2D eigenvalue weighted by Gasteiger charge is 2.10. The molecule has 0 unspecified atom stereocenters. The number of aromatic nitrogens is 3. The van der Waals surface area contributed by atoms with Gasteiger partial charge in [0.15, 0.2) is 5.69 Å². The average Bonchev–Trinajstić information content (AvgIpc) is 2.29. The van der Waals surface area contributed by atoms with Crippen LogP contribution in [-0.4, -0.2) is 21.2 Å². The van der Waals surface area contributed by atoms with Crippen LogP contribution in [0.5, 0.6) is 0 Å². The first-order valence-electron chi connectivity index (χ1n) is 4.59. The number of hydrogen-bond acceptors (Lipinski definition) is 5. The van der Waals surface area contributed by atoms with Gasteiger partial charge in [-0.2, -0.15) is 5.10 Å². The van der Waals surface area contributed by atoms with Crippen molar-refractivity contribution in [3.63, 3.8) is 0 Å². The van der Waals surface area contributed by atoms with E-state index < -0.39 is 17.2 Å². The standard InChI is InChI=1S/C10H7N3O4/c14-8-7(12-13-10(17)11-8)5-3-1-2-4-6(5)9(15)16/h1-4H,(H,15,16)(H2,11,13,14,17)/p-1. The molecule has 0 saturated heterocycles. The van der Waals surface area contributed by atoms with Gasteiger partial charge in [-0.15, -0.1) is 0 Å². The summed E-state index contributed by atoms with van der Waals surface area (Å²) in [6.45, 7) is 0. The molecule has 7 heteroatoms. The maximum atomic E-state index is 11.5. The molecule has 1 aromatic carbocycles. The van der Waals surface area contributed by atoms with E-state index in [0.717, 1.165) is 0 Å². The van der Waals surface area contributed by atoms with Crippen molar-refractivity contribution in [1.29, 1.82) is 0 Å². The molecule has 2 N–H and O–H groups in total. The number of carboxylic acids is 1. The second-order valence-electron chi connectivity index (χ2n) is 3.19. The zero-order valence-corrected chi connectivity index (χ0v) is 8.39. The number of carbonyl (C=O) groups is 1. The van der Waals surface area contributed by atoms with Crippen LogP contribution >= 0.6 is 0 Å². The van der Waals surface area contributed by atoms with Gasteiger partial charge in [-0.05, 0) is 0 Å². The molecule has 0 amide bonds. The molecule has 0 atom stereocenters. The molecule has 86 valence electrons. The van der Waals surface area contributed by atoms with E-state index in [1.807, 2.05) is 10.1 Å². The van der Waals surface area contributed by atoms with E-state index in [-0.39, 0.29) is 16.8 Å². The predicted molar refractivity (Wildman–Crippen MR) is 55.2 cm³/mol. The molecule has 0 fully saturated rings. The van der Waals surface area contributed by atoms with Crippen molar-refractivity contribution in [2.45, 2.75) is 0 Å². The molecule has 2 rings (SSSR count). The number of nitrogens with one attached hydrogen (secondary N) is 2. The van der Waals surface area contributed by atoms with Gasteiger partial charge in [0.1, 0.15) is 0 Å². The summed E-state index contributed by atoms with van der Waals surface area (Å²) in [5.74, 6) is -1.42. The normalized spacial score (nSPS) is 10.1. The topological polar surface area (TPSA) is 119 Å². The van der Waals surface area contributed by atoms with Crippen molar-refractivity contribution in [3.8, 4) is 11.3 Å². The monoisotopic (exact) mass is 232 g/mol. The summed E-state index contributed by atoms with van der Waals surface area (Å²) in [5.41, 5.74) is -1.78. The van der Waals surface area contributed by atoms with Gasteiger partial charge in [-0.25, -0.2) is 9.89 Å². The Balaban J connectivity index is 2.73. The summed E-state index contributed by atoms with van der Waals surface area (Å²) >= 11 is 0. The van der Waals surface area contributed by atoms with Crippen LogP contribution in [0, 0.1) is 0 Å². The molecule has 1 heterocycles. The van der Waals surface area contributed by atoms with Gasteiger partial charge in [-0.3, -0.25) is 9.78 Å². The molecule has 1 aromatic heterocycles. The SMILES string of the molecule is O=C([O-])c1ccccc1-c1n[nH]c(=O)[nH]c1=O. The number of rotatable bonds is 2. The van der Waals surface area contributed by atoms with E-state index in [4.69, 9.17) is 0 Å². The minimum Gasteiger partial charge on any atom is -0.545 e. The summed E-state index contributed by atoms with van der Waals surface area (Å²) in [6.07, 6.45) is 0. The Morgan fingerprint density at radius 1 is 1.24 bits per heavy atom. The number of aromatic amines is 2. The second-order valence-corrected chi connectivity index (χ2v) is 3.19. The quantitative estimate of drug-likeness (QED) is 0.652. The Kier molecular flexibility index (Phi) is 2.57. The first-order chi connectivity index (χ1) is 8.09. The van der Waals surface area contributed by atoms with E-state index >= 15 is 0 Å². The van der Waals surface area contributed by atoms with Gasteiger partial charge < -0.3 is 9.90 Å². The van der Waals surface area contributed by atoms with Gasteiger partial charge in [0.05, 0.1) is 5.97 Å². The number of hydrogen-bond donors (Lipinski definition) is 2. The van der Waals surface area contributed by atoms with Crippen molar-refractivity contribution < 1.29 is 9.90 Å². The lowest BCUT2D eigenvalue weighted by Crippen LogP contribution is -2.27. The van der Waals surface area contributed by atoms with Gasteiger partial charge in [0, 0.05) is 11.1 Å². The lowest BCUT2D eigenvalue weighted by atomic mass is 10.1. The average molecular weight is 232 g/mol. The Hall–Kier alpha value is -2.70. The van der Waals surface area contributed by atoms with Crippen molar-refractivity contribution in [1.82, 2.24) is 15.2 Å². The Morgan fingerprint density at radius 2 is 1.94 bits per heavy atom. The van der Waals surface area contributed by atoms with Crippen molar-refractivity contribution >= 4 is 5.97 Å². The fourth-order valence-corrected chi connectivity index (χ4v) is 1.40. The van der Waals surface area contributed by atoms with E-state index in [9.17, 15) is 19.5 Å². The first kappa shape index (κ1) is 10.8. The molecule has 0 aliphatic carbocycles. The number of H-pyrrole nitrogens is 2. The summed E-state index contributed by atoms with van der Waals surface area (Å²) in [5, 5.41) is 16.4. The van der Waals surface area contributed by atoms with Crippen LogP contribution in [0.3, 0.4) is 0 Å². The van der Waals surface area contributed by atoms with E-state index in [1.165, 1.54) is 18.2 Å². The maximum absolute atomic E-state index is 11.5. The summed E-state index contributed by atoms with van der Waals surface area (Å²) in [6, 6.07) is 5.74. The Morgan fingerprint density at radius 3 is 2.59 bits per heavy atom. The smallest absolute Gasteiger partial charge is 0.342 e. The summed E-state index contributed by atoms with van der Waals surface area (Å²) in [4.78, 5) is 35.1. The summed E-state index contributed by atoms with van der Waals surface area (Å²) in [7, 11) is 0. The lowest BCUT2D eigenvalue weighted by Gasteiger charge is -2.07. The van der Waals surface area contributed by atoms with Gasteiger partial charge in [0.2, 0.25) is 0 Å². The largest absolute Gasteiger partial charge is 0.545 e. The predicted octanol–water partition coefficient (Wildman–Crippen LogP) is -1.51. The van der Waals surface area contributed by atoms with Crippen molar-refractivity contribution in [3.05, 3.63) is 50.7 Å². The molecule has 7 nitrogen and oxygen atoms in total. The molecule has 2 aromatic rings. The number of carboxylic acid groups (broad SMARTS) is 1. The van der Waals surface area contributed by atoms with E-state index in [1.54, 1.807) is 6.07 Å². The van der Waals surface area contributed by atoms with E-state index in [0.29, 0.717) is 0 Å². The molecule has 17 heavy (non-hydrogen) atoms. The van der Waals surface area contributed by atoms with Crippen LogP contribution in [0.1, 0.15) is 10.4 Å². The highest BCUT2D eigenvalue weighted by atomic mass is 16.4. The van der Waals surface area contributed by atoms with Crippen LogP contribution < -0.4 is 16.4 Å². The van der Waals surface area contributed by atoms with Crippen molar-refractivity contribution in [2.75, 3.05) is 0 Å². The number of carbonyl (C=O) groups excluding carboxylic acids is 1. The Labute approximate surface area is 93.8 Å². The van der Waals surface area contributed by atoms with Crippen LogP contribution in [0.15, 0.2) is 33.9 Å². The molecule has 0 aliphatic rings. The first-order valence-corrected chi connectivity index (χ1v) is 4.59. The number of benzene rings is 1. The Bertz CT molecular complexity index is 686. The molecule has 0 aliphatic heterocycles. The number of aromatic carboxylic acids is 1. The molecule has 0 radical (unpaired) electrons. The maximum Gasteiger partial charge on any atom is 0.342 e. The third kappa shape index (κ3) is 1.98. The minimum absolute atomic E-state index is 0.0880. The minimum atomic E-state index is -1.42. The zero-order chi connectivity index (χ0) is 12.4. The van der Waals surface area contributed by atoms with Crippen LogP contribution in [-0.2, 0) is 0 Å². The fraction of sp³-hybridized carbons (Fsp3) is 0. The molecular formula is C10H6N3O4-. The highest BCUT2D eigenvalue weighted by molar-refractivity contribution is 5.93. The number of nitrogens with zero attached hydrogens (tertiary/aromatic N) is 1. The fourth-order valence-electron chi connectivity index (χ4n) is 1.40. The van der Waals surface area contributed by atoms with Gasteiger partial charge in [0.25, 0.3) is 5.56 Å². The van der Waals surface area contributed by atoms with Gasteiger partial charge in [-0.1, -0.05) is 24.3 Å². The molecule has 0 bridgehead atoms. The van der Waals surface area contributed by atoms with Crippen LogP contribution in [0.4, 0.5) is 0 Å². The van der Waals surface area contributed by atoms with E-state index in [2.05, 4.69) is 5.10 Å². The third-order valence-electron chi connectivity index (χ3n) is 2.11. The highest BCUT2D eigenvalue weighted by Crippen LogP contribution is 2.16. The molecular weight excluding hydrogens is 226 g/mol. The second kappa shape index (κ2) is 4.05. The van der Waals surface area contributed by atoms with Crippen molar-refractivity contribution in [2.24, 2.45) is 0 Å². The zero-order valence-electron chi connectivity index (χ0n) is 8.39.